The highest BCUT2D eigenvalue weighted by atomic mass is 32.1. The lowest BCUT2D eigenvalue weighted by Gasteiger charge is -2.38. The quantitative estimate of drug-likeness (QED) is 0.0207. The number of hydrogen-bond acceptors (Lipinski definition) is 23. The van der Waals surface area contributed by atoms with Crippen LogP contribution in [0.5, 0.6) is 0 Å². The normalized spacial score (nSPS) is 17.1. The molecule has 0 saturated carbocycles. The zero-order valence-electron chi connectivity index (χ0n) is 70.8. The molecule has 118 heavy (non-hydrogen) atoms. The summed E-state index contributed by atoms with van der Waals surface area (Å²) in [6, 6.07) is 10.6. The number of methoxy groups -OCH3 is 2. The molecule has 3 aromatic rings. The number of nitrogens with one attached hydrogen (secondary N) is 9. The van der Waals surface area contributed by atoms with Crippen LogP contribution in [0.15, 0.2) is 103 Å². The van der Waals surface area contributed by atoms with Crippen LogP contribution in [0.25, 0.3) is 0 Å². The molecule has 34 heteroatoms. The fourth-order valence-electron chi connectivity index (χ4n) is 14.0. The molecule has 12 amide bonds. The second kappa shape index (κ2) is 51.1. The number of anilines is 1. The minimum atomic E-state index is -1.27. The van der Waals surface area contributed by atoms with Gasteiger partial charge in [-0.05, 0) is 87.1 Å². The number of thiazole rings is 1. The van der Waals surface area contributed by atoms with E-state index in [9.17, 15) is 52.7 Å². The predicted octanol–water partition coefficient (Wildman–Crippen LogP) is 4.77. The number of hydrogen-bond donors (Lipinski definition) is 10. The monoisotopic (exact) mass is 1670 g/mol. The summed E-state index contributed by atoms with van der Waals surface area (Å²) >= 11 is 1.48. The largest absolute Gasteiger partial charge is 0.462 e. The molecular weight excluding hydrogens is 1540 g/mol. The number of likely N-dealkylation sites (tertiary alicyclic amines) is 1. The van der Waals surface area contributed by atoms with Gasteiger partial charge in [-0.15, -0.1) is 11.3 Å². The fraction of sp³-hybridized carbons (Fsp3) is 0.619. The highest BCUT2D eigenvalue weighted by molar-refractivity contribution is 7.09. The summed E-state index contributed by atoms with van der Waals surface area (Å²) in [7, 11) is 5.13. The third-order valence-corrected chi connectivity index (χ3v) is 22.0. The molecular formula is C84H129N15O18S. The predicted molar refractivity (Wildman–Crippen MR) is 446 cm³/mol. The van der Waals surface area contributed by atoms with Crippen molar-refractivity contribution in [2.24, 2.45) is 35.3 Å². The fourth-order valence-corrected chi connectivity index (χ4v) is 14.7. The van der Waals surface area contributed by atoms with E-state index in [0.29, 0.717) is 62.5 Å². The number of primary amides is 1. The summed E-state index contributed by atoms with van der Waals surface area (Å²) in [6.45, 7) is 30.5. The van der Waals surface area contributed by atoms with E-state index in [1.54, 1.807) is 63.4 Å². The van der Waals surface area contributed by atoms with Gasteiger partial charge < -0.3 is 101 Å². The minimum absolute atomic E-state index is 0.00121. The van der Waals surface area contributed by atoms with Crippen LogP contribution >= 0.6 is 11.3 Å². The number of ether oxygens (including phenoxy) is 7. The van der Waals surface area contributed by atoms with E-state index in [1.165, 1.54) is 23.5 Å². The van der Waals surface area contributed by atoms with E-state index in [2.05, 4.69) is 84.7 Å². The number of piperazine rings is 1. The average molecular weight is 1670 g/mol. The third kappa shape index (κ3) is 32.0. The number of urea groups is 1. The lowest BCUT2D eigenvalue weighted by molar-refractivity contribution is -0.144. The Morgan fingerprint density at radius 2 is 1.25 bits per heavy atom. The summed E-state index contributed by atoms with van der Waals surface area (Å²) in [5.41, 5.74) is 7.60. The SMILES string of the molecule is C=C(N[C@H](C(=O)N[C@H](C(=C)N[C@@H]([C@@H](C)CC)[C@@H](CC(=O)N1CCC[C@H]1[C@H](OC)[C@@H](C)C(=O)N[C@@H](Cc1ccccc1)c1nccs1)OC)C(C)C)C(C)C)OC(C(=O)N1CCN(C)CC1)c1ccc(NC(=O)[C@H](CCCNC(N)=O)NC(=O)[C@@H](NC(=O)CCOCCOCCOCCOCCNC(=O)CCN2C(=O)C=CC2=O)C(C)C)cc1. The summed E-state index contributed by atoms with van der Waals surface area (Å²) < 4.78 is 41.0. The van der Waals surface area contributed by atoms with Crippen molar-refractivity contribution < 1.29 is 85.9 Å². The summed E-state index contributed by atoms with van der Waals surface area (Å²) in [5, 5.41) is 29.6. The molecule has 2 fully saturated rings. The van der Waals surface area contributed by atoms with Crippen LogP contribution in [0.4, 0.5) is 10.5 Å². The number of rotatable bonds is 55. The first-order chi connectivity index (χ1) is 56.4. The van der Waals surface area contributed by atoms with Crippen molar-refractivity contribution in [2.45, 2.75) is 181 Å². The third-order valence-electron chi connectivity index (χ3n) is 21.1. The molecule has 1 unspecified atom stereocenters. The summed E-state index contributed by atoms with van der Waals surface area (Å²) in [4.78, 5) is 158. The van der Waals surface area contributed by atoms with Crippen molar-refractivity contribution in [2.75, 3.05) is 132 Å². The van der Waals surface area contributed by atoms with Crippen molar-refractivity contribution in [1.29, 1.82) is 0 Å². The van der Waals surface area contributed by atoms with E-state index in [-0.39, 0.29) is 164 Å². The van der Waals surface area contributed by atoms with E-state index >= 15 is 0 Å². The first kappa shape index (κ1) is 97.4. The zero-order valence-corrected chi connectivity index (χ0v) is 71.6. The number of nitrogens with two attached hydrogens (primary N) is 1. The lowest BCUT2D eigenvalue weighted by atomic mass is 9.90. The molecule has 33 nitrogen and oxygen atoms in total. The van der Waals surface area contributed by atoms with Gasteiger partial charge in [-0.25, -0.2) is 9.78 Å². The molecule has 1 aromatic heterocycles. The molecule has 2 aromatic carbocycles. The van der Waals surface area contributed by atoms with Gasteiger partial charge in [0.15, 0.2) is 5.88 Å². The van der Waals surface area contributed by atoms with Crippen molar-refractivity contribution in [3.05, 3.63) is 119 Å². The summed E-state index contributed by atoms with van der Waals surface area (Å²) in [6.07, 6.45) is 4.41. The van der Waals surface area contributed by atoms with Crippen molar-refractivity contribution >= 4 is 82.1 Å². The maximum atomic E-state index is 14.8. The van der Waals surface area contributed by atoms with E-state index < -0.39 is 102 Å². The Bertz CT molecular complexity index is 3720. The van der Waals surface area contributed by atoms with Crippen LogP contribution in [0.2, 0.25) is 0 Å². The molecule has 6 rings (SSSR count). The van der Waals surface area contributed by atoms with Gasteiger partial charge in [0.2, 0.25) is 47.5 Å². The standard InChI is InChI=1S/C84H129N15O18S/c1-15-56(8)75(66(111-13)52-71(104)98-36-20-24-65(98)76(112-14)57(9)78(105)93-64(82-87-35-50-118-82)51-60-21-17-16-18-22-60)89-58(10)72(53(2)3)95-81(108)73(54(4)5)90-59(11)117-77(83(109)97-40-38-96(12)39-41-97)61-25-27-62(28-26-61)91-79(106)63(23-19-33-88-84(85)110)92-80(107)74(55(6)7)94-68(101)32-42-113-44-46-115-48-49-116-47-45-114-43-34-86-67(100)31-37-99-69(102)29-30-70(99)103/h16-18,21-22,25-30,35,50,53-57,63-66,72-77,89-90H,10-11,15,19-20,23-24,31-34,36-49,51-52H2,1-9,12-14H3,(H,86,100)(H,91,106)(H,92,107)(H,93,105)(H,94,101)(H,95,108)(H3,85,88,110)/t56-,57+,63-,64-,65-,66+,72-,73-,74-,75-,76+,77?/m0/s1. The van der Waals surface area contributed by atoms with E-state index in [0.717, 1.165) is 28.3 Å². The minimum Gasteiger partial charge on any atom is -0.462 e. The second-order valence-corrected chi connectivity index (χ2v) is 31.9. The molecule has 4 heterocycles. The molecule has 3 aliphatic heterocycles. The van der Waals surface area contributed by atoms with Gasteiger partial charge in [0, 0.05) is 120 Å². The first-order valence-corrected chi connectivity index (χ1v) is 41.9. The highest BCUT2D eigenvalue weighted by Crippen LogP contribution is 2.32. The Labute approximate surface area is 698 Å². The van der Waals surface area contributed by atoms with E-state index in [1.807, 2.05) is 82.3 Å². The average Bonchev–Trinajstić information content (AvgIpc) is 1.66. The van der Waals surface area contributed by atoms with Gasteiger partial charge in [-0.2, -0.15) is 0 Å². The number of imide groups is 1. The maximum Gasteiger partial charge on any atom is 0.312 e. The number of amides is 12. The number of aromatic nitrogens is 1. The number of benzene rings is 2. The molecule has 2 saturated heterocycles. The molecule has 0 bridgehead atoms. The van der Waals surface area contributed by atoms with Gasteiger partial charge in [-0.3, -0.25) is 52.8 Å². The number of carbonyl (C=O) groups excluding carboxylic acids is 11. The van der Waals surface area contributed by atoms with Gasteiger partial charge in [0.25, 0.3) is 17.7 Å². The second-order valence-electron chi connectivity index (χ2n) is 31.0. The van der Waals surface area contributed by atoms with Gasteiger partial charge in [-0.1, -0.05) is 118 Å². The number of nitrogens with zero attached hydrogens (tertiary/aromatic N) is 5. The zero-order chi connectivity index (χ0) is 86.4. The Morgan fingerprint density at radius 3 is 1.84 bits per heavy atom. The molecule has 12 atom stereocenters. The van der Waals surface area contributed by atoms with E-state index in [4.69, 9.17) is 38.9 Å². The first-order valence-electron chi connectivity index (χ1n) is 41.0. The van der Waals surface area contributed by atoms with Crippen LogP contribution in [-0.4, -0.2) is 265 Å². The maximum absolute atomic E-state index is 14.8. The van der Waals surface area contributed by atoms with Gasteiger partial charge in [0.1, 0.15) is 23.1 Å². The highest BCUT2D eigenvalue weighted by Gasteiger charge is 2.43. The molecule has 11 N–H and O–H groups in total. The van der Waals surface area contributed by atoms with Gasteiger partial charge >= 0.3 is 6.03 Å². The lowest BCUT2D eigenvalue weighted by Crippen LogP contribution is -2.56. The number of likely N-dealkylation sites (N-methyl/N-ethyl adjacent to an activating group) is 1. The Morgan fingerprint density at radius 1 is 0.644 bits per heavy atom. The molecule has 0 spiro atoms. The Kier molecular flexibility index (Phi) is 42.2. The molecule has 0 radical (unpaired) electrons. The van der Waals surface area contributed by atoms with Crippen LogP contribution in [0, 0.1) is 29.6 Å². The Hall–Kier alpha value is -9.42. The van der Waals surface area contributed by atoms with Gasteiger partial charge in [0.05, 0.1) is 102 Å². The van der Waals surface area contributed by atoms with Crippen LogP contribution in [-0.2, 0) is 87.5 Å². The van der Waals surface area contributed by atoms with Crippen LogP contribution in [0.1, 0.15) is 142 Å². The molecule has 654 valence electrons. The molecule has 0 aliphatic carbocycles. The van der Waals surface area contributed by atoms with Crippen molar-refractivity contribution in [3.63, 3.8) is 0 Å². The van der Waals surface area contributed by atoms with Crippen LogP contribution < -0.4 is 53.6 Å². The van der Waals surface area contributed by atoms with Crippen molar-refractivity contribution in [3.8, 4) is 0 Å². The molecule has 3 aliphatic rings. The number of carbonyl (C=O) groups is 11. The van der Waals surface area contributed by atoms with Crippen molar-refractivity contribution in [1.82, 2.24) is 67.1 Å². The smallest absolute Gasteiger partial charge is 0.312 e. The summed E-state index contributed by atoms with van der Waals surface area (Å²) in [5.74, 6) is -5.66. The topological polar surface area (TPSA) is 413 Å². The van der Waals surface area contributed by atoms with Crippen LogP contribution in [0.3, 0.4) is 0 Å². The Balaban J connectivity index is 1.02.